The Morgan fingerprint density at radius 1 is 1.18 bits per heavy atom. The molecule has 2 rings (SSSR count). The van der Waals surface area contributed by atoms with Gasteiger partial charge in [-0.25, -0.2) is 0 Å². The molecule has 2 aromatic rings. The number of benzene rings is 1. The Hall–Kier alpha value is -2.07. The number of amides is 1. The first-order chi connectivity index (χ1) is 10.4. The molecule has 22 heavy (non-hydrogen) atoms. The molecule has 1 atom stereocenters. The zero-order valence-corrected chi connectivity index (χ0v) is 13.5. The number of aliphatic hydroxyl groups excluding tert-OH is 1. The molecule has 0 aliphatic carbocycles. The largest absolute Gasteiger partial charge is 0.466 e. The zero-order chi connectivity index (χ0) is 16.3. The lowest BCUT2D eigenvalue weighted by Crippen LogP contribution is -2.28. The number of nitrogens with one attached hydrogen (secondary N) is 1. The van der Waals surface area contributed by atoms with Crippen molar-refractivity contribution < 1.29 is 14.3 Å². The number of rotatable bonds is 5. The molecular weight excluding hydrogens is 278 g/mol. The van der Waals surface area contributed by atoms with Crippen molar-refractivity contribution in [3.8, 4) is 0 Å². The van der Waals surface area contributed by atoms with E-state index in [9.17, 15) is 9.90 Å². The van der Waals surface area contributed by atoms with Crippen molar-refractivity contribution in [2.45, 2.75) is 39.7 Å². The second-order valence-electron chi connectivity index (χ2n) is 5.87. The van der Waals surface area contributed by atoms with Crippen LogP contribution in [0, 0.1) is 13.8 Å². The number of hydrogen-bond acceptors (Lipinski definition) is 3. The van der Waals surface area contributed by atoms with Crippen LogP contribution < -0.4 is 5.32 Å². The highest BCUT2D eigenvalue weighted by Gasteiger charge is 2.15. The zero-order valence-electron chi connectivity index (χ0n) is 13.5. The molecule has 1 aromatic carbocycles. The number of furan rings is 1. The number of aliphatic hydroxyl groups is 1. The smallest absolute Gasteiger partial charge is 0.254 e. The van der Waals surface area contributed by atoms with Gasteiger partial charge in [0.1, 0.15) is 11.5 Å². The standard InChI is InChI=1S/C18H23NO3/c1-11(2)14-5-7-15(8-6-14)17(20)10-19-18(21)16-9-12(3)22-13(16)4/h5-9,11,17,20H,10H2,1-4H3,(H,19,21). The number of carbonyl (C=O) groups excluding carboxylic acids is 1. The maximum absolute atomic E-state index is 12.1. The lowest BCUT2D eigenvalue weighted by atomic mass is 10.00. The Balaban J connectivity index is 1.96. The molecule has 0 aliphatic heterocycles. The highest BCUT2D eigenvalue weighted by molar-refractivity contribution is 5.95. The van der Waals surface area contributed by atoms with Crippen LogP contribution in [0.1, 0.15) is 58.9 Å². The highest BCUT2D eigenvalue weighted by atomic mass is 16.3. The van der Waals surface area contributed by atoms with E-state index >= 15 is 0 Å². The van der Waals surface area contributed by atoms with Gasteiger partial charge in [0.2, 0.25) is 0 Å². The Morgan fingerprint density at radius 3 is 2.27 bits per heavy atom. The molecule has 1 heterocycles. The number of aryl methyl sites for hydroxylation is 2. The molecule has 0 fully saturated rings. The third-order valence-corrected chi connectivity index (χ3v) is 3.73. The van der Waals surface area contributed by atoms with E-state index < -0.39 is 6.10 Å². The molecule has 0 saturated carbocycles. The van der Waals surface area contributed by atoms with Gasteiger partial charge in [0, 0.05) is 6.54 Å². The van der Waals surface area contributed by atoms with E-state index in [0.717, 1.165) is 5.56 Å². The van der Waals surface area contributed by atoms with E-state index in [1.165, 1.54) is 5.56 Å². The summed E-state index contributed by atoms with van der Waals surface area (Å²) >= 11 is 0. The van der Waals surface area contributed by atoms with E-state index in [2.05, 4.69) is 19.2 Å². The molecule has 1 unspecified atom stereocenters. The van der Waals surface area contributed by atoms with Crippen LogP contribution >= 0.6 is 0 Å². The van der Waals surface area contributed by atoms with Crippen LogP contribution in [0.25, 0.3) is 0 Å². The van der Waals surface area contributed by atoms with Crippen molar-refractivity contribution in [1.29, 1.82) is 0 Å². The van der Waals surface area contributed by atoms with Crippen molar-refractivity contribution in [3.63, 3.8) is 0 Å². The van der Waals surface area contributed by atoms with Gasteiger partial charge in [0.15, 0.2) is 0 Å². The monoisotopic (exact) mass is 301 g/mol. The summed E-state index contributed by atoms with van der Waals surface area (Å²) in [6, 6.07) is 9.52. The average Bonchev–Trinajstić information content (AvgIpc) is 2.83. The summed E-state index contributed by atoms with van der Waals surface area (Å²) in [5.41, 5.74) is 2.54. The van der Waals surface area contributed by atoms with Crippen LogP contribution in [0.5, 0.6) is 0 Å². The minimum atomic E-state index is -0.724. The molecule has 118 valence electrons. The van der Waals surface area contributed by atoms with Crippen LogP contribution in [0.15, 0.2) is 34.7 Å². The quantitative estimate of drug-likeness (QED) is 0.888. The van der Waals surface area contributed by atoms with Crippen molar-refractivity contribution in [2.75, 3.05) is 6.54 Å². The Kier molecular flexibility index (Phi) is 5.03. The van der Waals surface area contributed by atoms with Crippen LogP contribution in [-0.4, -0.2) is 17.6 Å². The van der Waals surface area contributed by atoms with Gasteiger partial charge in [-0.15, -0.1) is 0 Å². The van der Waals surface area contributed by atoms with E-state index in [1.54, 1.807) is 19.9 Å². The van der Waals surface area contributed by atoms with Gasteiger partial charge in [0.05, 0.1) is 11.7 Å². The Bertz CT molecular complexity index is 641. The first-order valence-corrected chi connectivity index (χ1v) is 7.51. The van der Waals surface area contributed by atoms with Crippen molar-refractivity contribution in [3.05, 3.63) is 58.5 Å². The summed E-state index contributed by atoms with van der Waals surface area (Å²) in [7, 11) is 0. The van der Waals surface area contributed by atoms with Gasteiger partial charge in [0.25, 0.3) is 5.91 Å². The van der Waals surface area contributed by atoms with Gasteiger partial charge in [-0.2, -0.15) is 0 Å². The Labute approximate surface area is 131 Å². The average molecular weight is 301 g/mol. The lowest BCUT2D eigenvalue weighted by Gasteiger charge is -2.13. The molecule has 4 nitrogen and oxygen atoms in total. The van der Waals surface area contributed by atoms with Crippen LogP contribution in [0.2, 0.25) is 0 Å². The summed E-state index contributed by atoms with van der Waals surface area (Å²) in [5, 5.41) is 12.9. The third kappa shape index (κ3) is 3.77. The SMILES string of the molecule is Cc1cc(C(=O)NCC(O)c2ccc(C(C)C)cc2)c(C)o1. The molecule has 4 heteroatoms. The maximum atomic E-state index is 12.1. The summed E-state index contributed by atoms with van der Waals surface area (Å²) in [5.74, 6) is 1.52. The van der Waals surface area contributed by atoms with Crippen LogP contribution in [0.3, 0.4) is 0 Å². The number of hydrogen-bond donors (Lipinski definition) is 2. The van der Waals surface area contributed by atoms with Crippen LogP contribution in [-0.2, 0) is 0 Å². The summed E-state index contributed by atoms with van der Waals surface area (Å²) in [6.45, 7) is 7.98. The molecule has 0 radical (unpaired) electrons. The normalized spacial score (nSPS) is 12.5. The molecule has 0 bridgehead atoms. The predicted octanol–water partition coefficient (Wildman–Crippen LogP) is 3.48. The molecule has 1 aromatic heterocycles. The first-order valence-electron chi connectivity index (χ1n) is 7.51. The molecule has 1 amide bonds. The minimum absolute atomic E-state index is 0.170. The number of carbonyl (C=O) groups is 1. The van der Waals surface area contributed by atoms with Gasteiger partial charge in [-0.1, -0.05) is 38.1 Å². The summed E-state index contributed by atoms with van der Waals surface area (Å²) in [6.07, 6.45) is -0.724. The van der Waals surface area contributed by atoms with Crippen molar-refractivity contribution >= 4 is 5.91 Å². The maximum Gasteiger partial charge on any atom is 0.254 e. The van der Waals surface area contributed by atoms with Gasteiger partial charge >= 0.3 is 0 Å². The lowest BCUT2D eigenvalue weighted by molar-refractivity contribution is 0.0915. The van der Waals surface area contributed by atoms with Gasteiger partial charge < -0.3 is 14.8 Å². The molecule has 0 aliphatic rings. The van der Waals surface area contributed by atoms with E-state index in [-0.39, 0.29) is 12.5 Å². The highest BCUT2D eigenvalue weighted by Crippen LogP contribution is 2.19. The Morgan fingerprint density at radius 2 is 1.77 bits per heavy atom. The first kappa shape index (κ1) is 16.3. The second kappa shape index (κ2) is 6.79. The molecule has 2 N–H and O–H groups in total. The molecule has 0 spiro atoms. The molecule has 0 saturated heterocycles. The van der Waals surface area contributed by atoms with E-state index in [0.29, 0.717) is 23.0 Å². The summed E-state index contributed by atoms with van der Waals surface area (Å²) in [4.78, 5) is 12.1. The minimum Gasteiger partial charge on any atom is -0.466 e. The fourth-order valence-corrected chi connectivity index (χ4v) is 2.36. The van der Waals surface area contributed by atoms with Gasteiger partial charge in [-0.05, 0) is 37.0 Å². The fraction of sp³-hybridized carbons (Fsp3) is 0.389. The predicted molar refractivity (Wildman–Crippen MR) is 86.0 cm³/mol. The second-order valence-corrected chi connectivity index (χ2v) is 5.87. The molecular formula is C18H23NO3. The van der Waals surface area contributed by atoms with E-state index in [4.69, 9.17) is 4.42 Å². The van der Waals surface area contributed by atoms with Crippen molar-refractivity contribution in [1.82, 2.24) is 5.32 Å². The summed E-state index contributed by atoms with van der Waals surface area (Å²) < 4.78 is 5.34. The van der Waals surface area contributed by atoms with Crippen LogP contribution in [0.4, 0.5) is 0 Å². The van der Waals surface area contributed by atoms with Gasteiger partial charge in [-0.3, -0.25) is 4.79 Å². The third-order valence-electron chi connectivity index (χ3n) is 3.73. The van der Waals surface area contributed by atoms with Crippen molar-refractivity contribution in [2.24, 2.45) is 0 Å². The fourth-order valence-electron chi connectivity index (χ4n) is 2.36. The topological polar surface area (TPSA) is 62.5 Å². The van der Waals surface area contributed by atoms with E-state index in [1.807, 2.05) is 24.3 Å².